The van der Waals surface area contributed by atoms with E-state index in [9.17, 15) is 9.90 Å². The molecule has 1 aliphatic rings. The number of carbonyl (C=O) groups is 1. The highest BCUT2D eigenvalue weighted by atomic mass is 16.5. The van der Waals surface area contributed by atoms with E-state index in [1.54, 1.807) is 18.3 Å². The predicted octanol–water partition coefficient (Wildman–Crippen LogP) is 2.61. The number of nitrogens with one attached hydrogen (secondary N) is 1. The van der Waals surface area contributed by atoms with E-state index in [0.29, 0.717) is 17.9 Å². The first-order valence-electron chi connectivity index (χ1n) is 7.57. The summed E-state index contributed by atoms with van der Waals surface area (Å²) in [5.41, 5.74) is -0.317. The molecule has 0 unspecified atom stereocenters. The van der Waals surface area contributed by atoms with Gasteiger partial charge >= 0.3 is 5.97 Å². The Morgan fingerprint density at radius 3 is 2.86 bits per heavy atom. The van der Waals surface area contributed by atoms with Crippen LogP contribution < -0.4 is 5.32 Å². The molecule has 1 heterocycles. The summed E-state index contributed by atoms with van der Waals surface area (Å²) < 4.78 is 4.74. The summed E-state index contributed by atoms with van der Waals surface area (Å²) in [5, 5.41) is 13.7. The quantitative estimate of drug-likeness (QED) is 0.816. The molecule has 0 saturated heterocycles. The fraction of sp³-hybridized carbons (Fsp3) is 0.625. The molecule has 116 valence electrons. The summed E-state index contributed by atoms with van der Waals surface area (Å²) in [6.45, 7) is 2.61. The number of aromatic nitrogens is 1. The van der Waals surface area contributed by atoms with Crippen molar-refractivity contribution in [3.05, 3.63) is 23.9 Å². The molecule has 1 aliphatic carbocycles. The second-order valence-electron chi connectivity index (χ2n) is 5.82. The fourth-order valence-corrected chi connectivity index (χ4v) is 2.87. The summed E-state index contributed by atoms with van der Waals surface area (Å²) in [6, 6.07) is 3.36. The van der Waals surface area contributed by atoms with Crippen LogP contribution in [0.5, 0.6) is 0 Å². The second-order valence-corrected chi connectivity index (χ2v) is 5.82. The summed E-state index contributed by atoms with van der Waals surface area (Å²) >= 11 is 0. The molecule has 1 aromatic rings. The van der Waals surface area contributed by atoms with Crippen LogP contribution in [-0.2, 0) is 4.74 Å². The number of esters is 1. The molecule has 0 bridgehead atoms. The maximum Gasteiger partial charge on any atom is 0.341 e. The summed E-state index contributed by atoms with van der Waals surface area (Å²) in [7, 11) is 1.35. The third-order valence-electron chi connectivity index (χ3n) is 4.41. The lowest BCUT2D eigenvalue weighted by molar-refractivity contribution is 0.00218. The average Bonchev–Trinajstić information content (AvgIpc) is 2.53. The van der Waals surface area contributed by atoms with E-state index in [4.69, 9.17) is 4.74 Å². The largest absolute Gasteiger partial charge is 0.465 e. The molecule has 0 spiro atoms. The maximum absolute atomic E-state index is 11.7. The summed E-state index contributed by atoms with van der Waals surface area (Å²) in [5.74, 6) is 0.772. The standard InChI is InChI=1S/C16H24N2O3/c1-3-12-6-8-16(20,9-7-12)11-18-14-13(15(19)21-2)5-4-10-17-14/h4-5,10,12,20H,3,6-9,11H2,1-2H3,(H,17,18). The molecule has 0 aliphatic heterocycles. The van der Waals surface area contributed by atoms with Gasteiger partial charge in [-0.1, -0.05) is 13.3 Å². The number of rotatable bonds is 5. The number of methoxy groups -OCH3 is 1. The van der Waals surface area contributed by atoms with Crippen LogP contribution in [0, 0.1) is 5.92 Å². The normalized spacial score (nSPS) is 25.4. The summed E-state index contributed by atoms with van der Waals surface area (Å²) in [4.78, 5) is 15.9. The van der Waals surface area contributed by atoms with Crippen molar-refractivity contribution in [1.29, 1.82) is 0 Å². The minimum Gasteiger partial charge on any atom is -0.465 e. The Bertz CT molecular complexity index is 482. The molecule has 2 rings (SSSR count). The van der Waals surface area contributed by atoms with E-state index in [1.807, 2.05) is 0 Å². The number of hydrogen-bond acceptors (Lipinski definition) is 5. The van der Waals surface area contributed by atoms with E-state index in [0.717, 1.165) is 31.6 Å². The van der Waals surface area contributed by atoms with Gasteiger partial charge in [0.2, 0.25) is 0 Å². The zero-order valence-electron chi connectivity index (χ0n) is 12.8. The molecule has 0 aromatic carbocycles. The highest BCUT2D eigenvalue weighted by Crippen LogP contribution is 2.33. The number of ether oxygens (including phenoxy) is 1. The van der Waals surface area contributed by atoms with Gasteiger partial charge in [0.1, 0.15) is 11.4 Å². The van der Waals surface area contributed by atoms with Crippen LogP contribution in [-0.4, -0.2) is 35.3 Å². The lowest BCUT2D eigenvalue weighted by Gasteiger charge is -2.36. The Balaban J connectivity index is 1.99. The number of aliphatic hydroxyl groups is 1. The topological polar surface area (TPSA) is 71.5 Å². The lowest BCUT2D eigenvalue weighted by Crippen LogP contribution is -2.40. The highest BCUT2D eigenvalue weighted by Gasteiger charge is 2.32. The molecule has 1 aromatic heterocycles. The van der Waals surface area contributed by atoms with Gasteiger partial charge < -0.3 is 15.2 Å². The molecule has 2 N–H and O–H groups in total. The van der Waals surface area contributed by atoms with Gasteiger partial charge in [0.05, 0.1) is 12.7 Å². The van der Waals surface area contributed by atoms with Gasteiger partial charge in [-0.3, -0.25) is 0 Å². The van der Waals surface area contributed by atoms with Crippen molar-refractivity contribution in [2.45, 2.75) is 44.6 Å². The van der Waals surface area contributed by atoms with Crippen LogP contribution in [0.15, 0.2) is 18.3 Å². The number of carbonyl (C=O) groups excluding carboxylic acids is 1. The van der Waals surface area contributed by atoms with Crippen LogP contribution >= 0.6 is 0 Å². The van der Waals surface area contributed by atoms with Crippen molar-refractivity contribution in [1.82, 2.24) is 4.98 Å². The smallest absolute Gasteiger partial charge is 0.341 e. The Labute approximate surface area is 125 Å². The van der Waals surface area contributed by atoms with Gasteiger partial charge in [-0.15, -0.1) is 0 Å². The molecule has 0 radical (unpaired) electrons. The summed E-state index contributed by atoms with van der Waals surface area (Å²) in [6.07, 6.45) is 6.49. The van der Waals surface area contributed by atoms with Crippen LogP contribution in [0.3, 0.4) is 0 Å². The Kier molecular flexibility index (Phi) is 5.17. The molecule has 1 saturated carbocycles. The van der Waals surface area contributed by atoms with Gasteiger partial charge in [-0.05, 0) is 43.7 Å². The Hall–Kier alpha value is -1.62. The molecular weight excluding hydrogens is 268 g/mol. The van der Waals surface area contributed by atoms with Crippen molar-refractivity contribution in [2.24, 2.45) is 5.92 Å². The van der Waals surface area contributed by atoms with Gasteiger partial charge in [-0.2, -0.15) is 0 Å². The monoisotopic (exact) mass is 292 g/mol. The minimum absolute atomic E-state index is 0.394. The number of nitrogens with zero attached hydrogens (tertiary/aromatic N) is 1. The lowest BCUT2D eigenvalue weighted by atomic mass is 9.78. The molecule has 1 fully saturated rings. The van der Waals surface area contributed by atoms with Crippen molar-refractivity contribution < 1.29 is 14.6 Å². The first-order valence-corrected chi connectivity index (χ1v) is 7.57. The zero-order chi connectivity index (χ0) is 15.3. The van der Waals surface area contributed by atoms with Crippen LogP contribution in [0.1, 0.15) is 49.4 Å². The molecule has 0 atom stereocenters. The van der Waals surface area contributed by atoms with E-state index in [1.165, 1.54) is 13.5 Å². The van der Waals surface area contributed by atoms with Gasteiger partial charge in [0, 0.05) is 12.7 Å². The second kappa shape index (κ2) is 6.89. The van der Waals surface area contributed by atoms with Gasteiger partial charge in [0.15, 0.2) is 0 Å². The molecule has 0 amide bonds. The van der Waals surface area contributed by atoms with E-state index in [2.05, 4.69) is 17.2 Å². The first kappa shape index (κ1) is 15.8. The number of pyridine rings is 1. The molecule has 5 nitrogen and oxygen atoms in total. The van der Waals surface area contributed by atoms with Crippen LogP contribution in [0.2, 0.25) is 0 Å². The highest BCUT2D eigenvalue weighted by molar-refractivity contribution is 5.94. The van der Waals surface area contributed by atoms with Crippen molar-refractivity contribution in [3.8, 4) is 0 Å². The van der Waals surface area contributed by atoms with Gasteiger partial charge in [0.25, 0.3) is 0 Å². The minimum atomic E-state index is -0.712. The maximum atomic E-state index is 11.7. The molecular formula is C16H24N2O3. The average molecular weight is 292 g/mol. The van der Waals surface area contributed by atoms with Crippen molar-refractivity contribution in [3.63, 3.8) is 0 Å². The number of anilines is 1. The SMILES string of the molecule is CCC1CCC(O)(CNc2ncccc2C(=O)OC)CC1. The Morgan fingerprint density at radius 1 is 1.52 bits per heavy atom. The number of hydrogen-bond donors (Lipinski definition) is 2. The van der Waals surface area contributed by atoms with Crippen LogP contribution in [0.4, 0.5) is 5.82 Å². The van der Waals surface area contributed by atoms with E-state index < -0.39 is 11.6 Å². The zero-order valence-corrected chi connectivity index (χ0v) is 12.8. The Morgan fingerprint density at radius 2 is 2.24 bits per heavy atom. The van der Waals surface area contributed by atoms with E-state index >= 15 is 0 Å². The molecule has 21 heavy (non-hydrogen) atoms. The third kappa shape index (κ3) is 3.94. The van der Waals surface area contributed by atoms with Crippen LogP contribution in [0.25, 0.3) is 0 Å². The van der Waals surface area contributed by atoms with Gasteiger partial charge in [-0.25, -0.2) is 9.78 Å². The predicted molar refractivity (Wildman–Crippen MR) is 81.3 cm³/mol. The van der Waals surface area contributed by atoms with E-state index in [-0.39, 0.29) is 0 Å². The molecule has 5 heteroatoms. The van der Waals surface area contributed by atoms with Crippen molar-refractivity contribution >= 4 is 11.8 Å². The first-order chi connectivity index (χ1) is 10.1. The third-order valence-corrected chi connectivity index (χ3v) is 4.41. The van der Waals surface area contributed by atoms with Crippen molar-refractivity contribution in [2.75, 3.05) is 19.0 Å². The fourth-order valence-electron chi connectivity index (χ4n) is 2.87.